The minimum Gasteiger partial charge on any atom is -0.360 e. The number of para-hydroxylation sites is 1. The topological polar surface area (TPSA) is 91.1 Å². The maximum absolute atomic E-state index is 13.6. The van der Waals surface area contributed by atoms with Crippen molar-refractivity contribution in [3.63, 3.8) is 0 Å². The van der Waals surface area contributed by atoms with Crippen LogP contribution in [0.1, 0.15) is 33.1 Å². The van der Waals surface area contributed by atoms with Gasteiger partial charge in [0.05, 0.1) is 11.8 Å². The van der Waals surface area contributed by atoms with Crippen molar-refractivity contribution in [2.75, 3.05) is 7.05 Å². The maximum Gasteiger partial charge on any atom is 0.215 e. The zero-order valence-corrected chi connectivity index (χ0v) is 18.5. The number of aromatic nitrogens is 1. The second-order valence-corrected chi connectivity index (χ2v) is 9.50. The molecule has 1 heterocycles. The predicted octanol–water partition coefficient (Wildman–Crippen LogP) is 3.93. The molecule has 0 unspecified atom stereocenters. The van der Waals surface area contributed by atoms with Crippen molar-refractivity contribution in [1.29, 1.82) is 0 Å². The SMILES string of the molecule is CNS(=O)(=O)Cc1ccccc1CN[C@H](C(=O)c1c[nH]c2ccccc12)c1ccccc1. The van der Waals surface area contributed by atoms with Crippen LogP contribution in [0.25, 0.3) is 10.9 Å². The van der Waals surface area contributed by atoms with Gasteiger partial charge in [-0.15, -0.1) is 0 Å². The number of rotatable bonds is 9. The summed E-state index contributed by atoms with van der Waals surface area (Å²) in [5, 5.41) is 4.25. The first kappa shape index (κ1) is 22.0. The molecule has 0 saturated carbocycles. The van der Waals surface area contributed by atoms with Crippen LogP contribution in [0.3, 0.4) is 0 Å². The third kappa shape index (κ3) is 4.80. The molecule has 1 atom stereocenters. The molecule has 3 N–H and O–H groups in total. The molecule has 0 aliphatic rings. The number of sulfonamides is 1. The summed E-state index contributed by atoms with van der Waals surface area (Å²) < 4.78 is 26.5. The van der Waals surface area contributed by atoms with Gasteiger partial charge in [-0.1, -0.05) is 72.8 Å². The summed E-state index contributed by atoms with van der Waals surface area (Å²) in [5.41, 5.74) is 3.90. The molecule has 3 aromatic carbocycles. The first-order valence-electron chi connectivity index (χ1n) is 10.3. The predicted molar refractivity (Wildman–Crippen MR) is 127 cm³/mol. The van der Waals surface area contributed by atoms with E-state index in [2.05, 4.69) is 15.0 Å². The molecular weight excluding hydrogens is 422 g/mol. The van der Waals surface area contributed by atoms with Crippen molar-refractivity contribution >= 4 is 26.7 Å². The summed E-state index contributed by atoms with van der Waals surface area (Å²) in [6, 6.07) is 24.0. The summed E-state index contributed by atoms with van der Waals surface area (Å²) in [4.78, 5) is 16.8. The highest BCUT2D eigenvalue weighted by Crippen LogP contribution is 2.25. The third-order valence-corrected chi connectivity index (χ3v) is 6.83. The highest BCUT2D eigenvalue weighted by Gasteiger charge is 2.24. The molecule has 0 aliphatic heterocycles. The molecular formula is C25H25N3O3S. The van der Waals surface area contributed by atoms with Crippen molar-refractivity contribution in [1.82, 2.24) is 15.0 Å². The van der Waals surface area contributed by atoms with E-state index in [4.69, 9.17) is 0 Å². The lowest BCUT2D eigenvalue weighted by molar-refractivity contribution is 0.0943. The normalized spacial score (nSPS) is 12.7. The van der Waals surface area contributed by atoms with E-state index >= 15 is 0 Å². The molecule has 0 fully saturated rings. The van der Waals surface area contributed by atoms with Gasteiger partial charge in [0.1, 0.15) is 0 Å². The Balaban J connectivity index is 1.64. The Labute approximate surface area is 187 Å². The fourth-order valence-electron chi connectivity index (χ4n) is 3.80. The maximum atomic E-state index is 13.6. The number of carbonyl (C=O) groups is 1. The quantitative estimate of drug-likeness (QED) is 0.339. The van der Waals surface area contributed by atoms with Crippen LogP contribution < -0.4 is 10.0 Å². The highest BCUT2D eigenvalue weighted by atomic mass is 32.2. The lowest BCUT2D eigenvalue weighted by Crippen LogP contribution is -2.29. The van der Waals surface area contributed by atoms with Crippen LogP contribution in [0.15, 0.2) is 85.1 Å². The molecule has 0 bridgehead atoms. The van der Waals surface area contributed by atoms with E-state index in [0.717, 1.165) is 22.0 Å². The first-order chi connectivity index (χ1) is 15.5. The number of hydrogen-bond acceptors (Lipinski definition) is 4. The molecule has 0 spiro atoms. The van der Waals surface area contributed by atoms with Crippen molar-refractivity contribution < 1.29 is 13.2 Å². The Hall–Kier alpha value is -3.26. The van der Waals surface area contributed by atoms with Crippen LogP contribution in [0.4, 0.5) is 0 Å². The fourth-order valence-corrected chi connectivity index (χ4v) is 4.63. The molecule has 0 amide bonds. The Morgan fingerprint density at radius 2 is 1.56 bits per heavy atom. The van der Waals surface area contributed by atoms with Crippen LogP contribution in [-0.2, 0) is 22.3 Å². The standard InChI is InChI=1S/C25H25N3O3S/c1-26-32(30,31)17-20-12-6-5-11-19(20)15-28-24(18-9-3-2-4-10-18)25(29)22-16-27-23-14-8-7-13-21(22)23/h2-14,16,24,26-28H,15,17H2,1H3/t24-/m0/s1. The number of carbonyl (C=O) groups excluding carboxylic acids is 1. The Kier molecular flexibility index (Phi) is 6.50. The van der Waals surface area contributed by atoms with E-state index in [1.807, 2.05) is 72.8 Å². The number of ketones is 1. The highest BCUT2D eigenvalue weighted by molar-refractivity contribution is 7.88. The second kappa shape index (κ2) is 9.48. The van der Waals surface area contributed by atoms with Gasteiger partial charge in [-0.3, -0.25) is 10.1 Å². The van der Waals surface area contributed by atoms with Crippen molar-refractivity contribution in [2.24, 2.45) is 0 Å². The van der Waals surface area contributed by atoms with Crippen molar-refractivity contribution in [2.45, 2.75) is 18.3 Å². The van der Waals surface area contributed by atoms with Gasteiger partial charge in [-0.2, -0.15) is 0 Å². The first-order valence-corrected chi connectivity index (χ1v) is 12.0. The number of aromatic amines is 1. The number of fused-ring (bicyclic) bond motifs is 1. The minimum atomic E-state index is -3.41. The average Bonchev–Trinajstić information content (AvgIpc) is 3.25. The zero-order chi connectivity index (χ0) is 22.6. The van der Waals surface area contributed by atoms with Crippen LogP contribution in [-0.4, -0.2) is 26.2 Å². The van der Waals surface area contributed by atoms with Gasteiger partial charge in [-0.05, 0) is 29.8 Å². The van der Waals surface area contributed by atoms with E-state index in [1.54, 1.807) is 12.3 Å². The Morgan fingerprint density at radius 1 is 0.906 bits per heavy atom. The van der Waals surface area contributed by atoms with Gasteiger partial charge in [0.15, 0.2) is 5.78 Å². The lowest BCUT2D eigenvalue weighted by Gasteiger charge is -2.19. The second-order valence-electron chi connectivity index (χ2n) is 7.57. The average molecular weight is 448 g/mol. The molecule has 6 nitrogen and oxygen atoms in total. The summed E-state index contributed by atoms with van der Waals surface area (Å²) >= 11 is 0. The van der Waals surface area contributed by atoms with Crippen LogP contribution in [0.2, 0.25) is 0 Å². The molecule has 7 heteroatoms. The Morgan fingerprint density at radius 3 is 2.31 bits per heavy atom. The molecule has 32 heavy (non-hydrogen) atoms. The molecule has 0 saturated heterocycles. The van der Waals surface area contributed by atoms with Crippen molar-refractivity contribution in [3.05, 3.63) is 107 Å². The summed E-state index contributed by atoms with van der Waals surface area (Å²) in [6.45, 7) is 0.350. The fraction of sp³-hybridized carbons (Fsp3) is 0.160. The molecule has 0 aliphatic carbocycles. The molecule has 4 rings (SSSR count). The van der Waals surface area contributed by atoms with E-state index in [1.165, 1.54) is 7.05 Å². The zero-order valence-electron chi connectivity index (χ0n) is 17.7. The van der Waals surface area contributed by atoms with Gasteiger partial charge in [0.25, 0.3) is 0 Å². The Bertz CT molecular complexity index is 1330. The van der Waals surface area contributed by atoms with E-state index < -0.39 is 16.1 Å². The minimum absolute atomic E-state index is 0.0472. The molecule has 1 aromatic heterocycles. The number of hydrogen-bond donors (Lipinski definition) is 3. The van der Waals surface area contributed by atoms with Gasteiger partial charge >= 0.3 is 0 Å². The van der Waals surface area contributed by atoms with E-state index in [0.29, 0.717) is 17.7 Å². The van der Waals surface area contributed by atoms with E-state index in [9.17, 15) is 13.2 Å². The summed E-state index contributed by atoms with van der Waals surface area (Å²) in [5.74, 6) is -0.165. The summed E-state index contributed by atoms with van der Waals surface area (Å²) in [6.07, 6.45) is 1.75. The van der Waals surface area contributed by atoms with Gasteiger partial charge in [0, 0.05) is 29.2 Å². The molecule has 4 aromatic rings. The van der Waals surface area contributed by atoms with Gasteiger partial charge in [0.2, 0.25) is 10.0 Å². The van der Waals surface area contributed by atoms with Crippen LogP contribution in [0, 0.1) is 0 Å². The third-order valence-electron chi connectivity index (χ3n) is 5.52. The number of H-pyrrole nitrogens is 1. The smallest absolute Gasteiger partial charge is 0.215 e. The van der Waals surface area contributed by atoms with Gasteiger partial charge in [-0.25, -0.2) is 13.1 Å². The van der Waals surface area contributed by atoms with E-state index in [-0.39, 0.29) is 11.5 Å². The monoisotopic (exact) mass is 447 g/mol. The van der Waals surface area contributed by atoms with Crippen LogP contribution in [0.5, 0.6) is 0 Å². The molecule has 0 radical (unpaired) electrons. The van der Waals surface area contributed by atoms with Gasteiger partial charge < -0.3 is 4.98 Å². The lowest BCUT2D eigenvalue weighted by atomic mass is 9.96. The number of benzene rings is 3. The number of Topliss-reactive ketones (excluding diaryl/α,β-unsaturated/α-hetero) is 1. The van der Waals surface area contributed by atoms with Crippen molar-refractivity contribution in [3.8, 4) is 0 Å². The largest absolute Gasteiger partial charge is 0.360 e. The van der Waals surface area contributed by atoms with Crippen LogP contribution >= 0.6 is 0 Å². The summed E-state index contributed by atoms with van der Waals surface area (Å²) in [7, 11) is -2.01. The molecule has 164 valence electrons. The number of nitrogens with one attached hydrogen (secondary N) is 3.